The molecule has 2 aliphatic heterocycles. The van der Waals surface area contributed by atoms with Crippen LogP contribution in [0.5, 0.6) is 0 Å². The lowest BCUT2D eigenvalue weighted by atomic mass is 9.86. The second-order valence-corrected chi connectivity index (χ2v) is 31.1. The van der Waals surface area contributed by atoms with Gasteiger partial charge in [0.2, 0.25) is 0 Å². The molecule has 8 heterocycles. The molecule has 0 spiro atoms. The maximum atomic E-state index is 7.06. The van der Waals surface area contributed by atoms with E-state index in [2.05, 4.69) is 307 Å². The van der Waals surface area contributed by atoms with Gasteiger partial charge < -0.3 is 18.6 Å². The number of hydrogen-bond acceptors (Lipinski definition) is 10. The summed E-state index contributed by atoms with van der Waals surface area (Å²) in [6.07, 6.45) is 0. The molecule has 0 aliphatic carbocycles. The number of rotatable bonds is 7. The van der Waals surface area contributed by atoms with Crippen molar-refractivity contribution < 1.29 is 8.83 Å². The fourth-order valence-electron chi connectivity index (χ4n) is 18.2. The Labute approximate surface area is 635 Å². The van der Waals surface area contributed by atoms with Crippen LogP contribution in [0.3, 0.4) is 0 Å². The van der Waals surface area contributed by atoms with E-state index in [-0.39, 0.29) is 0 Å². The van der Waals surface area contributed by atoms with Crippen LogP contribution < -0.4 is 9.80 Å². The number of thiophene rings is 2. The molecule has 0 saturated heterocycles. The fourth-order valence-corrected chi connectivity index (χ4v) is 20.5. The minimum Gasteiger partial charge on any atom is -0.452 e. The summed E-state index contributed by atoms with van der Waals surface area (Å²) in [5.41, 5.74) is 23.3. The molecule has 2 aliphatic rings. The average molecular weight is 1440 g/mol. The van der Waals surface area contributed by atoms with Crippen molar-refractivity contribution in [3.05, 3.63) is 328 Å². The molecule has 0 amide bonds. The zero-order valence-corrected chi connectivity index (χ0v) is 60.1. The molecule has 508 valence electrons. The highest BCUT2D eigenvalue weighted by molar-refractivity contribution is 7.26. The molecule has 0 unspecified atom stereocenters. The topological polar surface area (TPSA) is 84.3 Å². The standard InChI is InChI=1S/C100H54N6O2S2/c1-5-25-66-55(18-1)41-46-72-78-53-62(51-60-23-17-32-79(88(60)78)105(94(66)72)64-43-38-58(39-44-64)99-101-90(96-91(102-99)73-28-7-11-34-82(73)107-96)61-42-49-86-77(52-61)69-27-9-13-36-84(69)109-86)68-47-48-76(89-75-30-10-14-37-85(75)110-98(68)89)93-97-92(74-29-8-12-35-83(74)108-97)103-100(104-93)63-50-59-20-3-4-24-65(59)81(54-63)106-80-33-16-22-57-21-15-31-70(87(57)80)71-45-40-56-19-2-6-26-67(56)95(71)106/h1-54H. The Kier molecular flexibility index (Phi) is 12.4. The Morgan fingerprint density at radius 1 is 0.255 bits per heavy atom. The quantitative estimate of drug-likeness (QED) is 0.156. The highest BCUT2D eigenvalue weighted by atomic mass is 32.1. The first-order valence-electron chi connectivity index (χ1n) is 37.1. The molecule has 6 aromatic heterocycles. The van der Waals surface area contributed by atoms with E-state index in [1.807, 2.05) is 53.0 Å². The van der Waals surface area contributed by atoms with Crippen LogP contribution >= 0.6 is 22.7 Å². The van der Waals surface area contributed by atoms with E-state index in [1.165, 1.54) is 73.2 Å². The number of para-hydroxylation sites is 2. The fraction of sp³-hybridized carbons (Fsp3) is 0. The molecule has 0 N–H and O–H groups in total. The van der Waals surface area contributed by atoms with Crippen LogP contribution in [0.15, 0.2) is 336 Å². The van der Waals surface area contributed by atoms with Crippen molar-refractivity contribution in [2.45, 2.75) is 0 Å². The van der Waals surface area contributed by atoms with E-state index in [0.717, 1.165) is 155 Å². The largest absolute Gasteiger partial charge is 0.452 e. The van der Waals surface area contributed by atoms with Crippen molar-refractivity contribution in [3.8, 4) is 78.7 Å². The van der Waals surface area contributed by atoms with Crippen molar-refractivity contribution in [3.63, 3.8) is 0 Å². The van der Waals surface area contributed by atoms with Crippen LogP contribution in [-0.4, -0.2) is 19.9 Å². The number of aromatic nitrogens is 4. The predicted molar refractivity (Wildman–Crippen MR) is 460 cm³/mol. The molecule has 17 aromatic carbocycles. The van der Waals surface area contributed by atoms with Crippen LogP contribution in [0.1, 0.15) is 0 Å². The summed E-state index contributed by atoms with van der Waals surface area (Å²) in [6, 6.07) is 119. The number of fused-ring (bicyclic) bond motifs is 21. The third-order valence-corrected chi connectivity index (χ3v) is 25.4. The van der Waals surface area contributed by atoms with Crippen molar-refractivity contribution >= 4 is 195 Å². The third kappa shape index (κ3) is 8.59. The van der Waals surface area contributed by atoms with Crippen LogP contribution in [0.4, 0.5) is 34.1 Å². The molecule has 110 heavy (non-hydrogen) atoms. The SMILES string of the molecule is c1ccc2c(N3c4c(ccc5ccccc45)-c4cccc5cccc3c45)cc(-c3nc(-c4ccc(-c5cc6c7c(cccc7c5)N(c5ccc(-c7nc(-c8ccc9sc%10ccccc%10c9c8)c8oc9ccccc9c8n7)cc5)c5c-6ccc6ccccc56)c5sc6ccccc6c45)c4oc5ccccc5c4n3)cc2c1. The lowest BCUT2D eigenvalue weighted by molar-refractivity contribution is 0.667. The molecular weight excluding hydrogens is 1380 g/mol. The summed E-state index contributed by atoms with van der Waals surface area (Å²) in [6.45, 7) is 0. The molecule has 0 bridgehead atoms. The van der Waals surface area contributed by atoms with Gasteiger partial charge in [0.25, 0.3) is 0 Å². The summed E-state index contributed by atoms with van der Waals surface area (Å²) >= 11 is 3.64. The third-order valence-electron chi connectivity index (χ3n) is 23.1. The predicted octanol–water partition coefficient (Wildman–Crippen LogP) is 28.8. The summed E-state index contributed by atoms with van der Waals surface area (Å²) in [7, 11) is 0. The Balaban J connectivity index is 0.653. The lowest BCUT2D eigenvalue weighted by Gasteiger charge is -2.35. The van der Waals surface area contributed by atoms with Gasteiger partial charge in [0.1, 0.15) is 33.6 Å². The molecule has 8 nitrogen and oxygen atoms in total. The summed E-state index contributed by atoms with van der Waals surface area (Å²) < 4.78 is 18.6. The normalized spacial score (nSPS) is 12.7. The van der Waals surface area contributed by atoms with Gasteiger partial charge in [-0.15, -0.1) is 22.7 Å². The van der Waals surface area contributed by atoms with Gasteiger partial charge in [0.05, 0.1) is 28.4 Å². The van der Waals surface area contributed by atoms with E-state index in [4.69, 9.17) is 28.8 Å². The van der Waals surface area contributed by atoms with Crippen LogP contribution in [-0.2, 0) is 0 Å². The highest BCUT2D eigenvalue weighted by Gasteiger charge is 2.33. The number of benzene rings is 17. The Morgan fingerprint density at radius 2 is 0.773 bits per heavy atom. The zero-order chi connectivity index (χ0) is 71.6. The van der Waals surface area contributed by atoms with Crippen LogP contribution in [0.2, 0.25) is 0 Å². The Morgan fingerprint density at radius 3 is 1.51 bits per heavy atom. The van der Waals surface area contributed by atoms with E-state index < -0.39 is 0 Å². The first-order valence-corrected chi connectivity index (χ1v) is 38.8. The number of nitrogens with zero attached hydrogens (tertiary/aromatic N) is 6. The van der Waals surface area contributed by atoms with E-state index in [0.29, 0.717) is 22.8 Å². The van der Waals surface area contributed by atoms with Crippen LogP contribution in [0.25, 0.3) is 217 Å². The monoisotopic (exact) mass is 1430 g/mol. The number of furan rings is 2. The lowest BCUT2D eigenvalue weighted by Crippen LogP contribution is -2.16. The summed E-state index contributed by atoms with van der Waals surface area (Å²) in [4.78, 5) is 27.2. The van der Waals surface area contributed by atoms with Gasteiger partial charge in [-0.2, -0.15) is 0 Å². The van der Waals surface area contributed by atoms with Crippen molar-refractivity contribution in [1.29, 1.82) is 0 Å². The second-order valence-electron chi connectivity index (χ2n) is 29.0. The molecule has 23 aromatic rings. The minimum absolute atomic E-state index is 0.610. The van der Waals surface area contributed by atoms with Gasteiger partial charge in [-0.05, 0) is 158 Å². The van der Waals surface area contributed by atoms with Crippen LogP contribution in [0, 0.1) is 0 Å². The van der Waals surface area contributed by atoms with E-state index >= 15 is 0 Å². The Bertz CT molecular complexity index is 8020. The number of hydrogen-bond donors (Lipinski definition) is 0. The van der Waals surface area contributed by atoms with Gasteiger partial charge in [0, 0.05) is 117 Å². The summed E-state index contributed by atoms with van der Waals surface area (Å²) in [5, 5.41) is 18.2. The van der Waals surface area contributed by atoms with Crippen molar-refractivity contribution in [2.75, 3.05) is 9.80 Å². The number of anilines is 6. The molecule has 0 radical (unpaired) electrons. The van der Waals surface area contributed by atoms with E-state index in [9.17, 15) is 0 Å². The highest BCUT2D eigenvalue weighted by Crippen LogP contribution is 2.58. The Hall–Kier alpha value is -14.2. The summed E-state index contributed by atoms with van der Waals surface area (Å²) in [5.74, 6) is 1.24. The zero-order valence-electron chi connectivity index (χ0n) is 58.5. The smallest absolute Gasteiger partial charge is 0.180 e. The van der Waals surface area contributed by atoms with Crippen molar-refractivity contribution in [2.24, 2.45) is 0 Å². The molecule has 25 rings (SSSR count). The first-order chi connectivity index (χ1) is 54.5. The first kappa shape index (κ1) is 60.0. The second kappa shape index (κ2) is 22.7. The van der Waals surface area contributed by atoms with Gasteiger partial charge in [-0.1, -0.05) is 218 Å². The van der Waals surface area contributed by atoms with Gasteiger partial charge in [-0.3, -0.25) is 0 Å². The molecular formula is C100H54N6O2S2. The maximum Gasteiger partial charge on any atom is 0.180 e. The van der Waals surface area contributed by atoms with E-state index in [1.54, 1.807) is 0 Å². The molecule has 0 fully saturated rings. The van der Waals surface area contributed by atoms with Gasteiger partial charge >= 0.3 is 0 Å². The molecule has 0 saturated carbocycles. The van der Waals surface area contributed by atoms with Crippen molar-refractivity contribution in [1.82, 2.24) is 19.9 Å². The molecule has 10 heteroatoms. The molecule has 0 atom stereocenters. The van der Waals surface area contributed by atoms with Gasteiger partial charge in [-0.25, -0.2) is 19.9 Å². The van der Waals surface area contributed by atoms with Gasteiger partial charge in [0.15, 0.2) is 22.8 Å². The minimum atomic E-state index is 0.610. The average Bonchev–Trinajstić information content (AvgIpc) is 0.719. The maximum absolute atomic E-state index is 7.06.